The highest BCUT2D eigenvalue weighted by atomic mass is 16.5. The molecule has 0 saturated carbocycles. The zero-order valence-electron chi connectivity index (χ0n) is 9.40. The van der Waals surface area contributed by atoms with Crippen molar-refractivity contribution in [1.29, 1.82) is 0 Å². The van der Waals surface area contributed by atoms with Crippen LogP contribution in [0.2, 0.25) is 0 Å². The van der Waals surface area contributed by atoms with Crippen molar-refractivity contribution < 1.29 is 14.1 Å². The Bertz CT molecular complexity index is 306. The van der Waals surface area contributed by atoms with Gasteiger partial charge in [0.25, 0.3) is 0 Å². The van der Waals surface area contributed by atoms with E-state index in [1.54, 1.807) is 0 Å². The van der Waals surface area contributed by atoms with E-state index in [2.05, 4.69) is 23.6 Å². The van der Waals surface area contributed by atoms with Crippen molar-refractivity contribution in [3.63, 3.8) is 0 Å². The van der Waals surface area contributed by atoms with E-state index in [0.717, 1.165) is 13.0 Å². The molecule has 0 atom stereocenters. The average molecular weight is 208 g/mol. The van der Waals surface area contributed by atoms with Crippen LogP contribution in [0.15, 0.2) is 24.5 Å². The van der Waals surface area contributed by atoms with Gasteiger partial charge in [-0.05, 0) is 19.4 Å². The van der Waals surface area contributed by atoms with Gasteiger partial charge in [0.05, 0.1) is 13.0 Å². The van der Waals surface area contributed by atoms with E-state index in [1.165, 1.54) is 5.56 Å². The van der Waals surface area contributed by atoms with Crippen LogP contribution >= 0.6 is 0 Å². The third-order valence-corrected chi connectivity index (χ3v) is 2.16. The van der Waals surface area contributed by atoms with Gasteiger partial charge in [-0.15, -0.1) is 0 Å². The third-order valence-electron chi connectivity index (χ3n) is 2.16. The molecule has 0 aliphatic carbocycles. The Morgan fingerprint density at radius 1 is 1.40 bits per heavy atom. The van der Waals surface area contributed by atoms with Crippen molar-refractivity contribution in [3.8, 4) is 0 Å². The number of ether oxygens (including phenoxy) is 1. The number of hydrogen-bond acceptors (Lipinski definition) is 2. The summed E-state index contributed by atoms with van der Waals surface area (Å²) >= 11 is 0. The lowest BCUT2D eigenvalue weighted by Gasteiger charge is -1.99. The quantitative estimate of drug-likeness (QED) is 0.544. The summed E-state index contributed by atoms with van der Waals surface area (Å²) in [6.07, 6.45) is 5.38. The van der Waals surface area contributed by atoms with E-state index in [-0.39, 0.29) is 5.97 Å². The molecule has 0 bridgehead atoms. The van der Waals surface area contributed by atoms with Crippen LogP contribution in [0.3, 0.4) is 0 Å². The van der Waals surface area contributed by atoms with Gasteiger partial charge < -0.3 is 4.74 Å². The van der Waals surface area contributed by atoms with Gasteiger partial charge in [-0.3, -0.25) is 4.79 Å². The summed E-state index contributed by atoms with van der Waals surface area (Å²) in [7, 11) is 0. The molecule has 0 N–H and O–H groups in total. The molecule has 0 aliphatic rings. The molecule has 0 saturated heterocycles. The second kappa shape index (κ2) is 6.17. The second-order valence-electron chi connectivity index (χ2n) is 3.52. The number of pyridine rings is 1. The minimum absolute atomic E-state index is 0.106. The Balaban J connectivity index is 2.26. The maximum absolute atomic E-state index is 11.1. The minimum Gasteiger partial charge on any atom is -0.466 e. The van der Waals surface area contributed by atoms with Crippen LogP contribution in [0.25, 0.3) is 0 Å². The summed E-state index contributed by atoms with van der Waals surface area (Å²) in [4.78, 5) is 11.1. The molecule has 0 amide bonds. The van der Waals surface area contributed by atoms with Crippen LogP contribution in [0.1, 0.15) is 25.3 Å². The number of aryl methyl sites for hydroxylation is 2. The van der Waals surface area contributed by atoms with Crippen LogP contribution in [0.4, 0.5) is 0 Å². The number of rotatable bonds is 5. The van der Waals surface area contributed by atoms with Gasteiger partial charge in [0, 0.05) is 18.6 Å². The van der Waals surface area contributed by atoms with E-state index >= 15 is 0 Å². The third kappa shape index (κ3) is 4.58. The molecule has 0 aliphatic heterocycles. The van der Waals surface area contributed by atoms with Crippen LogP contribution in [0.5, 0.6) is 0 Å². The molecule has 82 valence electrons. The summed E-state index contributed by atoms with van der Waals surface area (Å²) in [6.45, 7) is 5.21. The standard InChI is InChI=1S/C12H18NO2/c1-3-15-12(14)5-4-8-13-9-6-11(2)7-10-13/h6-7,9-10H,3-5,8H2,1-2H3/q+1. The molecule has 15 heavy (non-hydrogen) atoms. The van der Waals surface area contributed by atoms with Gasteiger partial charge in [0.1, 0.15) is 6.54 Å². The fourth-order valence-electron chi connectivity index (χ4n) is 1.32. The number of carbonyl (C=O) groups is 1. The normalized spacial score (nSPS) is 10.0. The lowest BCUT2D eigenvalue weighted by Crippen LogP contribution is -2.32. The van der Waals surface area contributed by atoms with Gasteiger partial charge in [0.2, 0.25) is 0 Å². The molecule has 0 spiro atoms. The van der Waals surface area contributed by atoms with Crippen molar-refractivity contribution >= 4 is 5.97 Å². The molecule has 3 nitrogen and oxygen atoms in total. The minimum atomic E-state index is -0.106. The molecule has 1 aromatic heterocycles. The van der Waals surface area contributed by atoms with E-state index in [4.69, 9.17) is 4.74 Å². The molecule has 3 heteroatoms. The Morgan fingerprint density at radius 2 is 2.07 bits per heavy atom. The van der Waals surface area contributed by atoms with Crippen LogP contribution in [0, 0.1) is 6.92 Å². The van der Waals surface area contributed by atoms with Crippen LogP contribution in [-0.4, -0.2) is 12.6 Å². The summed E-state index contributed by atoms with van der Waals surface area (Å²) in [5.74, 6) is -0.106. The Kier molecular flexibility index (Phi) is 4.81. The first-order valence-electron chi connectivity index (χ1n) is 5.33. The summed E-state index contributed by atoms with van der Waals surface area (Å²) in [5, 5.41) is 0. The van der Waals surface area contributed by atoms with Gasteiger partial charge >= 0.3 is 5.97 Å². The van der Waals surface area contributed by atoms with Gasteiger partial charge in [-0.2, -0.15) is 0 Å². The predicted molar refractivity (Wildman–Crippen MR) is 57.2 cm³/mol. The number of esters is 1. The molecule has 0 radical (unpaired) electrons. The van der Waals surface area contributed by atoms with Crippen molar-refractivity contribution in [1.82, 2.24) is 0 Å². The fraction of sp³-hybridized carbons (Fsp3) is 0.500. The molecule has 0 aromatic carbocycles. The highest BCUT2D eigenvalue weighted by molar-refractivity contribution is 5.69. The van der Waals surface area contributed by atoms with Crippen LogP contribution < -0.4 is 4.57 Å². The SMILES string of the molecule is CCOC(=O)CCC[n+]1ccc(C)cc1. The smallest absolute Gasteiger partial charge is 0.306 e. The van der Waals surface area contributed by atoms with E-state index in [1.807, 2.05) is 19.3 Å². The zero-order valence-corrected chi connectivity index (χ0v) is 9.40. The molecule has 0 fully saturated rings. The average Bonchev–Trinajstić information content (AvgIpc) is 2.21. The van der Waals surface area contributed by atoms with E-state index < -0.39 is 0 Å². The second-order valence-corrected chi connectivity index (χ2v) is 3.52. The Labute approximate surface area is 90.7 Å². The number of nitrogens with zero attached hydrogens (tertiary/aromatic N) is 1. The first-order chi connectivity index (χ1) is 7.22. The fourth-order valence-corrected chi connectivity index (χ4v) is 1.32. The van der Waals surface area contributed by atoms with Crippen molar-refractivity contribution in [2.75, 3.05) is 6.61 Å². The predicted octanol–water partition coefficient (Wildman–Crippen LogP) is 1.63. The number of aromatic nitrogens is 1. The maximum Gasteiger partial charge on any atom is 0.306 e. The lowest BCUT2D eigenvalue weighted by atomic mass is 10.3. The molecule has 1 heterocycles. The van der Waals surface area contributed by atoms with Gasteiger partial charge in [-0.1, -0.05) is 0 Å². The van der Waals surface area contributed by atoms with Gasteiger partial charge in [-0.25, -0.2) is 4.57 Å². The monoisotopic (exact) mass is 208 g/mol. The first kappa shape index (κ1) is 11.7. The van der Waals surface area contributed by atoms with E-state index in [0.29, 0.717) is 13.0 Å². The van der Waals surface area contributed by atoms with E-state index in [9.17, 15) is 4.79 Å². The molecule has 0 unspecified atom stereocenters. The molecular weight excluding hydrogens is 190 g/mol. The zero-order chi connectivity index (χ0) is 11.1. The largest absolute Gasteiger partial charge is 0.466 e. The van der Waals surface area contributed by atoms with Gasteiger partial charge in [0.15, 0.2) is 12.4 Å². The highest BCUT2D eigenvalue weighted by Gasteiger charge is 2.04. The van der Waals surface area contributed by atoms with Crippen molar-refractivity contribution in [3.05, 3.63) is 30.1 Å². The topological polar surface area (TPSA) is 30.2 Å². The maximum atomic E-state index is 11.1. The van der Waals surface area contributed by atoms with Crippen molar-refractivity contribution in [2.24, 2.45) is 0 Å². The Hall–Kier alpha value is -1.38. The Morgan fingerprint density at radius 3 is 2.67 bits per heavy atom. The van der Waals surface area contributed by atoms with Crippen LogP contribution in [-0.2, 0) is 16.1 Å². The summed E-state index contributed by atoms with van der Waals surface area (Å²) in [6, 6.07) is 4.12. The first-order valence-corrected chi connectivity index (χ1v) is 5.33. The number of hydrogen-bond donors (Lipinski definition) is 0. The molecular formula is C12H18NO2+. The molecule has 1 aromatic rings. The molecule has 1 rings (SSSR count). The highest BCUT2D eigenvalue weighted by Crippen LogP contribution is 1.94. The summed E-state index contributed by atoms with van der Waals surface area (Å²) in [5.41, 5.74) is 1.25. The van der Waals surface area contributed by atoms with Crippen molar-refractivity contribution in [2.45, 2.75) is 33.2 Å². The summed E-state index contributed by atoms with van der Waals surface area (Å²) < 4.78 is 6.93. The number of carbonyl (C=O) groups excluding carboxylic acids is 1. The lowest BCUT2D eigenvalue weighted by molar-refractivity contribution is -0.697.